The number of hydrogen-bond donors (Lipinski definition) is 0. The summed E-state index contributed by atoms with van der Waals surface area (Å²) in [6.45, 7) is 4.93. The van der Waals surface area contributed by atoms with Crippen molar-refractivity contribution < 1.29 is 4.79 Å². The molecule has 0 unspecified atom stereocenters. The molecule has 1 aromatic heterocycles. The topological polar surface area (TPSA) is 36.4 Å². The van der Waals surface area contributed by atoms with Crippen LogP contribution in [0.15, 0.2) is 41.2 Å². The Balaban J connectivity index is 1.82. The predicted octanol–water partition coefficient (Wildman–Crippen LogP) is 2.55. The lowest BCUT2D eigenvalue weighted by Crippen LogP contribution is -2.49. The molecule has 1 aromatic carbocycles. The van der Waals surface area contributed by atoms with Crippen molar-refractivity contribution >= 4 is 17.2 Å². The van der Waals surface area contributed by atoms with Crippen LogP contribution in [-0.4, -0.2) is 40.3 Å². The van der Waals surface area contributed by atoms with E-state index in [0.29, 0.717) is 0 Å². The third-order valence-corrected chi connectivity index (χ3v) is 4.60. The molecule has 1 aliphatic heterocycles. The number of piperazine rings is 1. The zero-order valence-corrected chi connectivity index (χ0v) is 12.9. The van der Waals surface area contributed by atoms with Gasteiger partial charge in [0, 0.05) is 38.5 Å². The van der Waals surface area contributed by atoms with Crippen LogP contribution in [-0.2, 0) is 11.3 Å². The molecule has 1 amide bonds. The summed E-state index contributed by atoms with van der Waals surface area (Å²) in [6, 6.07) is 10.7. The Bertz CT molecular complexity index is 585. The first-order valence-electron chi connectivity index (χ1n) is 7.15. The van der Waals surface area contributed by atoms with Gasteiger partial charge in [0.1, 0.15) is 0 Å². The summed E-state index contributed by atoms with van der Waals surface area (Å²) >= 11 is 1.63. The van der Waals surface area contributed by atoms with E-state index in [1.165, 1.54) is 5.56 Å². The molecule has 0 aliphatic carbocycles. The molecule has 5 heteroatoms. The molecule has 0 saturated carbocycles. The third kappa shape index (κ3) is 3.31. The minimum atomic E-state index is 0.157. The van der Waals surface area contributed by atoms with Crippen LogP contribution in [0.1, 0.15) is 24.2 Å². The van der Waals surface area contributed by atoms with Gasteiger partial charge in [-0.2, -0.15) is 0 Å². The summed E-state index contributed by atoms with van der Waals surface area (Å²) in [5, 5.41) is 2.10. The molecule has 0 N–H and O–H groups in total. The van der Waals surface area contributed by atoms with E-state index in [0.717, 1.165) is 31.9 Å². The smallest absolute Gasteiger partial charge is 0.219 e. The molecular weight excluding hydrogens is 282 g/mol. The first-order chi connectivity index (χ1) is 10.2. The molecule has 21 heavy (non-hydrogen) atoms. The fourth-order valence-corrected chi connectivity index (χ4v) is 3.36. The Morgan fingerprint density at radius 2 is 2.14 bits per heavy atom. The summed E-state index contributed by atoms with van der Waals surface area (Å²) < 4.78 is 0. The van der Waals surface area contributed by atoms with Crippen LogP contribution in [0.2, 0.25) is 0 Å². The van der Waals surface area contributed by atoms with E-state index < -0.39 is 0 Å². The number of thiazole rings is 1. The standard InChI is InChI=1S/C16H19N3OS/c1-13(20)18-7-8-19(9-15-11-21-12-17-15)16(10-18)14-5-3-2-4-6-14/h2-6,11-12,16H,7-10H2,1H3/t16-/m0/s1. The number of rotatable bonds is 3. The SMILES string of the molecule is CC(=O)N1CCN(Cc2cscn2)[C@H](c2ccccc2)C1. The van der Waals surface area contributed by atoms with Crippen molar-refractivity contribution in [3.8, 4) is 0 Å². The second-order valence-corrected chi connectivity index (χ2v) is 6.06. The molecule has 0 spiro atoms. The van der Waals surface area contributed by atoms with Crippen molar-refractivity contribution in [3.05, 3.63) is 52.5 Å². The molecule has 0 radical (unpaired) electrons. The molecule has 4 nitrogen and oxygen atoms in total. The quantitative estimate of drug-likeness (QED) is 0.874. The zero-order chi connectivity index (χ0) is 14.7. The van der Waals surface area contributed by atoms with Crippen LogP contribution in [0.4, 0.5) is 0 Å². The van der Waals surface area contributed by atoms with Crippen LogP contribution < -0.4 is 0 Å². The molecule has 2 heterocycles. The molecular formula is C16H19N3OS. The molecule has 0 bridgehead atoms. The number of hydrogen-bond acceptors (Lipinski definition) is 4. The highest BCUT2D eigenvalue weighted by Gasteiger charge is 2.29. The summed E-state index contributed by atoms with van der Waals surface area (Å²) in [6.07, 6.45) is 0. The van der Waals surface area contributed by atoms with Gasteiger partial charge in [0.05, 0.1) is 17.2 Å². The highest BCUT2D eigenvalue weighted by molar-refractivity contribution is 7.07. The van der Waals surface area contributed by atoms with Crippen LogP contribution in [0, 0.1) is 0 Å². The second kappa shape index (κ2) is 6.37. The van der Waals surface area contributed by atoms with Crippen molar-refractivity contribution in [1.29, 1.82) is 0 Å². The van der Waals surface area contributed by atoms with Gasteiger partial charge in [0.2, 0.25) is 5.91 Å². The largest absolute Gasteiger partial charge is 0.340 e. The van der Waals surface area contributed by atoms with E-state index in [2.05, 4.69) is 39.5 Å². The van der Waals surface area contributed by atoms with Crippen molar-refractivity contribution in [1.82, 2.24) is 14.8 Å². The molecule has 1 aliphatic rings. The van der Waals surface area contributed by atoms with Crippen molar-refractivity contribution in [3.63, 3.8) is 0 Å². The van der Waals surface area contributed by atoms with E-state index in [4.69, 9.17) is 0 Å². The predicted molar refractivity (Wildman–Crippen MR) is 84.0 cm³/mol. The lowest BCUT2D eigenvalue weighted by Gasteiger charge is -2.41. The average Bonchev–Trinajstić information content (AvgIpc) is 3.01. The maximum absolute atomic E-state index is 11.7. The van der Waals surface area contributed by atoms with E-state index in [1.807, 2.05) is 16.5 Å². The Morgan fingerprint density at radius 1 is 1.33 bits per heavy atom. The van der Waals surface area contributed by atoms with Gasteiger partial charge in [-0.15, -0.1) is 11.3 Å². The van der Waals surface area contributed by atoms with Gasteiger partial charge in [-0.25, -0.2) is 4.98 Å². The minimum Gasteiger partial charge on any atom is -0.340 e. The molecule has 1 saturated heterocycles. The summed E-state index contributed by atoms with van der Waals surface area (Å²) in [4.78, 5) is 20.4. The first-order valence-corrected chi connectivity index (χ1v) is 8.10. The van der Waals surface area contributed by atoms with Crippen LogP contribution >= 0.6 is 11.3 Å². The number of benzene rings is 1. The lowest BCUT2D eigenvalue weighted by atomic mass is 10.0. The van der Waals surface area contributed by atoms with Gasteiger partial charge in [0.25, 0.3) is 0 Å². The van der Waals surface area contributed by atoms with Gasteiger partial charge in [-0.1, -0.05) is 30.3 Å². The Labute approximate surface area is 129 Å². The van der Waals surface area contributed by atoms with E-state index in [-0.39, 0.29) is 11.9 Å². The monoisotopic (exact) mass is 301 g/mol. The average molecular weight is 301 g/mol. The van der Waals surface area contributed by atoms with Gasteiger partial charge >= 0.3 is 0 Å². The van der Waals surface area contributed by atoms with E-state index >= 15 is 0 Å². The molecule has 2 aromatic rings. The van der Waals surface area contributed by atoms with Crippen molar-refractivity contribution in [2.24, 2.45) is 0 Å². The molecule has 1 fully saturated rings. The number of carbonyl (C=O) groups is 1. The van der Waals surface area contributed by atoms with E-state index in [9.17, 15) is 4.79 Å². The summed E-state index contributed by atoms with van der Waals surface area (Å²) in [5.41, 5.74) is 4.24. The Kier molecular flexibility index (Phi) is 4.31. The van der Waals surface area contributed by atoms with Crippen LogP contribution in [0.5, 0.6) is 0 Å². The Hall–Kier alpha value is -1.72. The maximum atomic E-state index is 11.7. The molecule has 1 atom stereocenters. The van der Waals surface area contributed by atoms with Gasteiger partial charge in [-0.3, -0.25) is 9.69 Å². The number of amides is 1. The zero-order valence-electron chi connectivity index (χ0n) is 12.1. The lowest BCUT2D eigenvalue weighted by molar-refractivity contribution is -0.132. The van der Waals surface area contributed by atoms with Gasteiger partial charge in [-0.05, 0) is 5.56 Å². The minimum absolute atomic E-state index is 0.157. The third-order valence-electron chi connectivity index (χ3n) is 3.97. The fraction of sp³-hybridized carbons (Fsp3) is 0.375. The fourth-order valence-electron chi connectivity index (χ4n) is 2.81. The number of nitrogens with zero attached hydrogens (tertiary/aromatic N) is 3. The number of aromatic nitrogens is 1. The summed E-state index contributed by atoms with van der Waals surface area (Å²) in [5.74, 6) is 0.157. The van der Waals surface area contributed by atoms with Crippen molar-refractivity contribution in [2.45, 2.75) is 19.5 Å². The highest BCUT2D eigenvalue weighted by Crippen LogP contribution is 2.27. The highest BCUT2D eigenvalue weighted by atomic mass is 32.1. The van der Waals surface area contributed by atoms with E-state index in [1.54, 1.807) is 18.3 Å². The van der Waals surface area contributed by atoms with Gasteiger partial charge in [0.15, 0.2) is 0 Å². The normalized spacial score (nSPS) is 19.7. The summed E-state index contributed by atoms with van der Waals surface area (Å²) in [7, 11) is 0. The van der Waals surface area contributed by atoms with Crippen molar-refractivity contribution in [2.75, 3.05) is 19.6 Å². The maximum Gasteiger partial charge on any atom is 0.219 e. The van der Waals surface area contributed by atoms with Crippen LogP contribution in [0.3, 0.4) is 0 Å². The van der Waals surface area contributed by atoms with Crippen LogP contribution in [0.25, 0.3) is 0 Å². The Morgan fingerprint density at radius 3 is 2.81 bits per heavy atom. The molecule has 3 rings (SSSR count). The van der Waals surface area contributed by atoms with Gasteiger partial charge < -0.3 is 4.90 Å². The first kappa shape index (κ1) is 14.2. The number of carbonyl (C=O) groups excluding carboxylic acids is 1. The molecule has 110 valence electrons. The second-order valence-electron chi connectivity index (χ2n) is 5.34.